The molecule has 0 aromatic carbocycles. The summed E-state index contributed by atoms with van der Waals surface area (Å²) in [5, 5.41) is 13.3. The number of nitrogens with one attached hydrogen (secondary N) is 2. The van der Waals surface area contributed by atoms with Crippen LogP contribution < -0.4 is 10.6 Å². The predicted octanol–water partition coefficient (Wildman–Crippen LogP) is -0.881. The number of carboxylic acid groups (broad SMARTS) is 1. The number of amides is 2. The zero-order valence-corrected chi connectivity index (χ0v) is 9.99. The Kier molecular flexibility index (Phi) is 7.70. The Bertz CT molecular complexity index is 280. The molecule has 0 saturated carbocycles. The van der Waals surface area contributed by atoms with Crippen LogP contribution in [-0.2, 0) is 19.1 Å². The highest BCUT2D eigenvalue weighted by molar-refractivity contribution is 5.88. The van der Waals surface area contributed by atoms with E-state index in [0.29, 0.717) is 13.2 Å². The topological polar surface area (TPSA) is 105 Å². The average Bonchev–Trinajstić information content (AvgIpc) is 2.26. The highest BCUT2D eigenvalue weighted by atomic mass is 16.5. The number of carbonyl (C=O) groups excluding carboxylic acids is 2. The summed E-state index contributed by atoms with van der Waals surface area (Å²) in [5.74, 6) is -1.83. The van der Waals surface area contributed by atoms with Gasteiger partial charge >= 0.3 is 5.97 Å². The average molecular weight is 246 g/mol. The van der Waals surface area contributed by atoms with E-state index in [0.717, 1.165) is 0 Å². The van der Waals surface area contributed by atoms with E-state index in [4.69, 9.17) is 9.84 Å². The van der Waals surface area contributed by atoms with Crippen molar-refractivity contribution in [1.29, 1.82) is 0 Å². The van der Waals surface area contributed by atoms with Gasteiger partial charge in [0.2, 0.25) is 11.8 Å². The zero-order chi connectivity index (χ0) is 13.3. The summed E-state index contributed by atoms with van der Waals surface area (Å²) in [4.78, 5) is 32.8. The molecule has 0 aromatic heterocycles. The molecule has 0 saturated heterocycles. The van der Waals surface area contributed by atoms with Gasteiger partial charge in [-0.05, 0) is 6.92 Å². The number of carbonyl (C=O) groups is 3. The molecule has 1 unspecified atom stereocenters. The summed E-state index contributed by atoms with van der Waals surface area (Å²) in [6, 6.07) is -0.687. The van der Waals surface area contributed by atoms with Crippen LogP contribution >= 0.6 is 0 Å². The monoisotopic (exact) mass is 246 g/mol. The molecule has 0 aliphatic carbocycles. The lowest BCUT2D eigenvalue weighted by Crippen LogP contribution is -2.45. The molecule has 98 valence electrons. The Morgan fingerprint density at radius 3 is 2.47 bits per heavy atom. The molecule has 0 radical (unpaired) electrons. The molecule has 2 amide bonds. The quantitative estimate of drug-likeness (QED) is 0.482. The number of rotatable bonds is 8. The van der Waals surface area contributed by atoms with E-state index < -0.39 is 17.9 Å². The Morgan fingerprint density at radius 1 is 1.29 bits per heavy atom. The molecular weight excluding hydrogens is 228 g/mol. The SMILES string of the molecule is COCCNC(=O)C(C)NC(=O)CCC(=O)O. The molecule has 0 fully saturated rings. The van der Waals surface area contributed by atoms with Crippen molar-refractivity contribution < 1.29 is 24.2 Å². The lowest BCUT2D eigenvalue weighted by atomic mass is 10.2. The molecule has 0 heterocycles. The van der Waals surface area contributed by atoms with Gasteiger partial charge in [-0.15, -0.1) is 0 Å². The summed E-state index contributed by atoms with van der Waals surface area (Å²) < 4.78 is 4.75. The second kappa shape index (κ2) is 8.51. The fourth-order valence-electron chi connectivity index (χ4n) is 1.03. The standard InChI is InChI=1S/C10H18N2O5/c1-7(10(16)11-5-6-17-2)12-8(13)3-4-9(14)15/h7H,3-6H2,1-2H3,(H,11,16)(H,12,13)(H,14,15). The second-order valence-corrected chi connectivity index (χ2v) is 3.47. The summed E-state index contributed by atoms with van der Waals surface area (Å²) >= 11 is 0. The number of aliphatic carboxylic acids is 1. The molecule has 1 atom stereocenters. The maximum Gasteiger partial charge on any atom is 0.303 e. The molecular formula is C10H18N2O5. The van der Waals surface area contributed by atoms with E-state index in [1.807, 2.05) is 0 Å². The number of hydrogen-bond donors (Lipinski definition) is 3. The smallest absolute Gasteiger partial charge is 0.303 e. The van der Waals surface area contributed by atoms with Crippen molar-refractivity contribution in [3.05, 3.63) is 0 Å². The van der Waals surface area contributed by atoms with Crippen molar-refractivity contribution in [1.82, 2.24) is 10.6 Å². The molecule has 17 heavy (non-hydrogen) atoms. The van der Waals surface area contributed by atoms with Crippen LogP contribution in [0.4, 0.5) is 0 Å². The highest BCUT2D eigenvalue weighted by Gasteiger charge is 2.15. The van der Waals surface area contributed by atoms with Crippen LogP contribution in [0.15, 0.2) is 0 Å². The highest BCUT2D eigenvalue weighted by Crippen LogP contribution is 1.91. The fourth-order valence-corrected chi connectivity index (χ4v) is 1.03. The maximum atomic E-state index is 11.4. The number of carboxylic acids is 1. The molecule has 0 spiro atoms. The summed E-state index contributed by atoms with van der Waals surface area (Å²) in [5.41, 5.74) is 0. The first-order chi connectivity index (χ1) is 7.97. The zero-order valence-electron chi connectivity index (χ0n) is 9.99. The third kappa shape index (κ3) is 8.21. The number of hydrogen-bond acceptors (Lipinski definition) is 4. The van der Waals surface area contributed by atoms with Crippen molar-refractivity contribution in [3.63, 3.8) is 0 Å². The summed E-state index contributed by atoms with van der Waals surface area (Å²) in [7, 11) is 1.52. The van der Waals surface area contributed by atoms with Crippen LogP contribution in [-0.4, -0.2) is 49.2 Å². The summed E-state index contributed by atoms with van der Waals surface area (Å²) in [6.07, 6.45) is -0.380. The van der Waals surface area contributed by atoms with Gasteiger partial charge in [-0.25, -0.2) is 0 Å². The summed E-state index contributed by atoms with van der Waals surface area (Å²) in [6.45, 7) is 2.29. The van der Waals surface area contributed by atoms with Crippen molar-refractivity contribution in [3.8, 4) is 0 Å². The molecule has 3 N–H and O–H groups in total. The third-order valence-corrected chi connectivity index (χ3v) is 1.94. The lowest BCUT2D eigenvalue weighted by molar-refractivity contribution is -0.139. The van der Waals surface area contributed by atoms with Crippen molar-refractivity contribution in [2.45, 2.75) is 25.8 Å². The Labute approximate surface area is 99.5 Å². The predicted molar refractivity (Wildman–Crippen MR) is 59.4 cm³/mol. The van der Waals surface area contributed by atoms with E-state index in [1.165, 1.54) is 14.0 Å². The molecule has 0 aliphatic heterocycles. The third-order valence-electron chi connectivity index (χ3n) is 1.94. The number of methoxy groups -OCH3 is 1. The molecule has 0 aliphatic rings. The van der Waals surface area contributed by atoms with Crippen LogP contribution in [0.3, 0.4) is 0 Å². The van der Waals surface area contributed by atoms with Gasteiger partial charge in [0.1, 0.15) is 6.04 Å². The van der Waals surface area contributed by atoms with Gasteiger partial charge in [-0.3, -0.25) is 14.4 Å². The number of ether oxygens (including phenoxy) is 1. The minimum Gasteiger partial charge on any atom is -0.481 e. The van der Waals surface area contributed by atoms with Crippen LogP contribution in [0.2, 0.25) is 0 Å². The van der Waals surface area contributed by atoms with Gasteiger partial charge in [0.15, 0.2) is 0 Å². The molecule has 0 bridgehead atoms. The maximum absolute atomic E-state index is 11.4. The van der Waals surface area contributed by atoms with Crippen LogP contribution in [0, 0.1) is 0 Å². The van der Waals surface area contributed by atoms with Crippen molar-refractivity contribution in [2.24, 2.45) is 0 Å². The van der Waals surface area contributed by atoms with Gasteiger partial charge in [0, 0.05) is 20.1 Å². The first-order valence-corrected chi connectivity index (χ1v) is 5.25. The Balaban J connectivity index is 3.82. The van der Waals surface area contributed by atoms with Gasteiger partial charge in [-0.1, -0.05) is 0 Å². The normalized spacial score (nSPS) is 11.6. The van der Waals surface area contributed by atoms with Gasteiger partial charge in [-0.2, -0.15) is 0 Å². The first-order valence-electron chi connectivity index (χ1n) is 5.25. The second-order valence-electron chi connectivity index (χ2n) is 3.47. The lowest BCUT2D eigenvalue weighted by Gasteiger charge is -2.13. The largest absolute Gasteiger partial charge is 0.481 e. The van der Waals surface area contributed by atoms with Gasteiger partial charge < -0.3 is 20.5 Å². The van der Waals surface area contributed by atoms with Gasteiger partial charge in [0.05, 0.1) is 13.0 Å². The molecule has 0 rings (SSSR count). The van der Waals surface area contributed by atoms with E-state index >= 15 is 0 Å². The van der Waals surface area contributed by atoms with E-state index in [2.05, 4.69) is 10.6 Å². The van der Waals surface area contributed by atoms with E-state index in [9.17, 15) is 14.4 Å². The van der Waals surface area contributed by atoms with Crippen molar-refractivity contribution in [2.75, 3.05) is 20.3 Å². The Hall–Kier alpha value is -1.63. The minimum absolute atomic E-state index is 0.134. The first kappa shape index (κ1) is 15.4. The van der Waals surface area contributed by atoms with E-state index in [-0.39, 0.29) is 18.7 Å². The van der Waals surface area contributed by atoms with Crippen LogP contribution in [0.1, 0.15) is 19.8 Å². The van der Waals surface area contributed by atoms with Crippen molar-refractivity contribution >= 4 is 17.8 Å². The molecule has 7 nitrogen and oxygen atoms in total. The van der Waals surface area contributed by atoms with Crippen LogP contribution in [0.5, 0.6) is 0 Å². The van der Waals surface area contributed by atoms with Crippen LogP contribution in [0.25, 0.3) is 0 Å². The molecule has 7 heteroatoms. The van der Waals surface area contributed by atoms with E-state index in [1.54, 1.807) is 0 Å². The molecule has 0 aromatic rings. The fraction of sp³-hybridized carbons (Fsp3) is 0.700. The minimum atomic E-state index is -1.04. The van der Waals surface area contributed by atoms with Gasteiger partial charge in [0.25, 0.3) is 0 Å². The Morgan fingerprint density at radius 2 is 1.94 bits per heavy atom.